The molecule has 2 aromatic carbocycles. The summed E-state index contributed by atoms with van der Waals surface area (Å²) in [6, 6.07) is 11.9. The van der Waals surface area contributed by atoms with Crippen molar-refractivity contribution in [3.63, 3.8) is 0 Å². The fourth-order valence-corrected chi connectivity index (χ4v) is 9.73. The molecule has 0 radical (unpaired) electrons. The molecular formula is C45H54N14O7. The number of benzene rings is 2. The van der Waals surface area contributed by atoms with Crippen LogP contribution >= 0.6 is 0 Å². The highest BCUT2D eigenvalue weighted by Gasteiger charge is 2.45. The highest BCUT2D eigenvalue weighted by Crippen LogP contribution is 2.37. The van der Waals surface area contributed by atoms with E-state index in [2.05, 4.69) is 61.1 Å². The summed E-state index contributed by atoms with van der Waals surface area (Å²) in [6.07, 6.45) is 4.10. The summed E-state index contributed by atoms with van der Waals surface area (Å²) in [6.45, 7) is 9.26. The maximum atomic E-state index is 13.4. The molecule has 6 amide bonds. The van der Waals surface area contributed by atoms with Crippen molar-refractivity contribution >= 4 is 58.3 Å². The van der Waals surface area contributed by atoms with E-state index in [0.717, 1.165) is 82.3 Å². The number of hydrogen-bond donors (Lipinski definition) is 4. The molecule has 4 N–H and O–H groups in total. The molecule has 0 bridgehead atoms. The molecule has 4 aromatic rings. The van der Waals surface area contributed by atoms with Crippen LogP contribution in [0.1, 0.15) is 63.3 Å². The molecule has 0 aliphatic carbocycles. The van der Waals surface area contributed by atoms with Crippen molar-refractivity contribution in [2.75, 3.05) is 95.1 Å². The number of likely N-dealkylation sites (tertiary alicyclic amines) is 1. The zero-order valence-corrected chi connectivity index (χ0v) is 37.3. The Morgan fingerprint density at radius 2 is 1.64 bits per heavy atom. The smallest absolute Gasteiger partial charge is 0.273 e. The van der Waals surface area contributed by atoms with Gasteiger partial charge in [-0.15, -0.1) is 10.2 Å². The lowest BCUT2D eigenvalue weighted by atomic mass is 9.98. The van der Waals surface area contributed by atoms with Gasteiger partial charge in [-0.05, 0) is 55.5 Å². The number of amides is 6. The van der Waals surface area contributed by atoms with E-state index in [0.29, 0.717) is 58.1 Å². The highest BCUT2D eigenvalue weighted by molar-refractivity contribution is 6.23. The minimum Gasteiger partial charge on any atom is -0.494 e. The summed E-state index contributed by atoms with van der Waals surface area (Å²) in [5.74, 6) is -0.928. The first-order valence-electron chi connectivity index (χ1n) is 22.4. The van der Waals surface area contributed by atoms with Gasteiger partial charge in [0.1, 0.15) is 12.4 Å². The standard InChI is InChI=1S/C45H54N14O7/c1-46-43(63)39-34(48-33-6-4-5-31(40(33)66-3)41-47-26-54(2)53-41)22-36(51-52-39)49-38(61)13-14-56-24-27(25-56)23-55-17-19-58(20-18-55)28-11-15-57(16-12-28)29-7-8-30-32(21-29)45(65)59(44(30)64)35-9-10-37(60)50-42(35)62/h4-8,21-22,26-28,35H,9-20,23-25H2,1-3H3,(H,46,63)(H,50,60,62)(H2,48,49,51,61). The number of carbonyl (C=O) groups is 6. The molecule has 0 saturated carbocycles. The second-order valence-corrected chi connectivity index (χ2v) is 17.5. The van der Waals surface area contributed by atoms with Gasteiger partial charge in [-0.25, -0.2) is 4.98 Å². The fraction of sp³-hybridized carbons (Fsp3) is 0.467. The molecular weight excluding hydrogens is 849 g/mol. The van der Waals surface area contributed by atoms with Crippen molar-refractivity contribution in [2.24, 2.45) is 13.0 Å². The number of aromatic nitrogens is 5. The molecule has 21 nitrogen and oxygen atoms in total. The lowest BCUT2D eigenvalue weighted by molar-refractivity contribution is -0.136. The van der Waals surface area contributed by atoms with Gasteiger partial charge < -0.3 is 35.4 Å². The Kier molecular flexibility index (Phi) is 12.7. The van der Waals surface area contributed by atoms with Crippen molar-refractivity contribution in [1.82, 2.24) is 55.2 Å². The number of nitrogens with one attached hydrogen (secondary N) is 4. The zero-order valence-electron chi connectivity index (χ0n) is 37.3. The van der Waals surface area contributed by atoms with Crippen molar-refractivity contribution in [2.45, 2.75) is 44.2 Å². The van der Waals surface area contributed by atoms with Gasteiger partial charge >= 0.3 is 0 Å². The topological polar surface area (TPSA) is 232 Å². The molecule has 21 heteroatoms. The largest absolute Gasteiger partial charge is 0.494 e. The van der Waals surface area contributed by atoms with Crippen molar-refractivity contribution in [3.05, 3.63) is 65.6 Å². The van der Waals surface area contributed by atoms with Crippen LogP contribution < -0.4 is 30.9 Å². The van der Waals surface area contributed by atoms with Crippen LogP contribution in [0.25, 0.3) is 11.4 Å². The van der Waals surface area contributed by atoms with Crippen molar-refractivity contribution in [3.8, 4) is 17.1 Å². The van der Waals surface area contributed by atoms with Gasteiger partial charge in [0.2, 0.25) is 17.7 Å². The predicted molar refractivity (Wildman–Crippen MR) is 241 cm³/mol. The van der Waals surface area contributed by atoms with E-state index in [1.807, 2.05) is 18.2 Å². The maximum Gasteiger partial charge on any atom is 0.273 e. The SMILES string of the molecule is CNC(=O)c1nnc(NC(=O)CCN2CC(CN3CCN(C4CCN(c5ccc6c(c5)C(=O)N(C5CCC(=O)NC5=O)C6=O)CC4)CC3)C2)cc1Nc1cccc(-c2ncn(C)n2)c1OC. The quantitative estimate of drug-likeness (QED) is 0.131. The maximum absolute atomic E-state index is 13.4. The lowest BCUT2D eigenvalue weighted by Gasteiger charge is -2.46. The summed E-state index contributed by atoms with van der Waals surface area (Å²) >= 11 is 0. The van der Waals surface area contributed by atoms with Crippen LogP contribution in [0.5, 0.6) is 5.75 Å². The number of nitrogens with zero attached hydrogens (tertiary/aromatic N) is 10. The van der Waals surface area contributed by atoms with Gasteiger partial charge in [-0.3, -0.25) is 48.6 Å². The number of rotatable bonds is 14. The normalized spacial score (nSPS) is 20.0. The number of fused-ring (bicyclic) bond motifs is 1. The number of para-hydroxylation sites is 1. The molecule has 4 fully saturated rings. The van der Waals surface area contributed by atoms with E-state index in [1.54, 1.807) is 49.4 Å². The number of ether oxygens (including phenoxy) is 1. The molecule has 66 heavy (non-hydrogen) atoms. The van der Waals surface area contributed by atoms with E-state index in [4.69, 9.17) is 4.74 Å². The lowest BCUT2D eigenvalue weighted by Crippen LogP contribution is -2.57. The summed E-state index contributed by atoms with van der Waals surface area (Å²) in [7, 11) is 4.82. The monoisotopic (exact) mass is 902 g/mol. The van der Waals surface area contributed by atoms with E-state index in [1.165, 1.54) is 7.05 Å². The third-order valence-corrected chi connectivity index (χ3v) is 13.2. The van der Waals surface area contributed by atoms with E-state index in [9.17, 15) is 28.8 Å². The molecule has 1 unspecified atom stereocenters. The number of methoxy groups -OCH3 is 1. The number of piperazine rings is 1. The minimum absolute atomic E-state index is 0.0465. The highest BCUT2D eigenvalue weighted by atomic mass is 16.5. The van der Waals surface area contributed by atoms with Gasteiger partial charge in [-0.2, -0.15) is 5.10 Å². The van der Waals surface area contributed by atoms with Crippen molar-refractivity contribution in [1.29, 1.82) is 0 Å². The molecule has 1 atom stereocenters. The second kappa shape index (κ2) is 18.9. The van der Waals surface area contributed by atoms with Gasteiger partial charge in [0, 0.05) is 110 Å². The van der Waals surface area contributed by atoms with Crippen LogP contribution in [0.3, 0.4) is 0 Å². The number of imide groups is 2. The molecule has 2 aromatic heterocycles. The Hall–Kier alpha value is -6.84. The van der Waals surface area contributed by atoms with E-state index >= 15 is 0 Å². The van der Waals surface area contributed by atoms with Gasteiger partial charge in [-0.1, -0.05) is 6.07 Å². The first-order chi connectivity index (χ1) is 32.0. The van der Waals surface area contributed by atoms with Crippen LogP contribution in [-0.4, -0.2) is 172 Å². The minimum atomic E-state index is -0.977. The summed E-state index contributed by atoms with van der Waals surface area (Å²) in [5, 5.41) is 23.6. The van der Waals surface area contributed by atoms with E-state index < -0.39 is 35.6 Å². The average molecular weight is 903 g/mol. The molecule has 9 rings (SSSR count). The van der Waals surface area contributed by atoms with Gasteiger partial charge in [0.15, 0.2) is 23.1 Å². The third kappa shape index (κ3) is 9.18. The van der Waals surface area contributed by atoms with Crippen LogP contribution in [0, 0.1) is 5.92 Å². The van der Waals surface area contributed by atoms with Gasteiger partial charge in [0.25, 0.3) is 17.7 Å². The summed E-state index contributed by atoms with van der Waals surface area (Å²) in [5.41, 5.74) is 3.07. The third-order valence-electron chi connectivity index (χ3n) is 13.2. The second-order valence-electron chi connectivity index (χ2n) is 17.5. The summed E-state index contributed by atoms with van der Waals surface area (Å²) < 4.78 is 7.33. The fourth-order valence-electron chi connectivity index (χ4n) is 9.73. The first-order valence-corrected chi connectivity index (χ1v) is 22.4. The molecule has 5 aliphatic rings. The summed E-state index contributed by atoms with van der Waals surface area (Å²) in [4.78, 5) is 91.6. The van der Waals surface area contributed by atoms with Crippen molar-refractivity contribution < 1.29 is 33.5 Å². The van der Waals surface area contributed by atoms with Gasteiger partial charge in [0.05, 0.1) is 35.2 Å². The average Bonchev–Trinajstić information content (AvgIpc) is 3.85. The Balaban J connectivity index is 0.699. The number of anilines is 4. The molecule has 0 spiro atoms. The Labute approximate surface area is 381 Å². The number of carbonyl (C=O) groups excluding carboxylic acids is 6. The number of piperidine rings is 2. The Morgan fingerprint density at radius 1 is 0.864 bits per heavy atom. The van der Waals surface area contributed by atoms with Crippen LogP contribution in [0.2, 0.25) is 0 Å². The predicted octanol–water partition coefficient (Wildman–Crippen LogP) is 1.33. The molecule has 4 saturated heterocycles. The van der Waals surface area contributed by atoms with Crippen LogP contribution in [0.4, 0.5) is 22.9 Å². The Morgan fingerprint density at radius 3 is 2.35 bits per heavy atom. The zero-order chi connectivity index (χ0) is 46.1. The number of hydrogen-bond acceptors (Lipinski definition) is 16. The molecule has 7 heterocycles. The molecule has 5 aliphatic heterocycles. The van der Waals surface area contributed by atoms with Crippen LogP contribution in [0.15, 0.2) is 48.8 Å². The molecule has 346 valence electrons. The number of aryl methyl sites for hydroxylation is 1. The van der Waals surface area contributed by atoms with Crippen LogP contribution in [-0.2, 0) is 21.4 Å². The van der Waals surface area contributed by atoms with E-state index in [-0.39, 0.29) is 36.7 Å². The Bertz CT molecular complexity index is 2540. The first kappa shape index (κ1) is 44.4.